The molecule has 0 fully saturated rings. The molecule has 0 bridgehead atoms. The van der Waals surface area contributed by atoms with E-state index < -0.39 is 22.7 Å². The van der Waals surface area contributed by atoms with Crippen molar-refractivity contribution >= 4 is 29.3 Å². The fourth-order valence-corrected chi connectivity index (χ4v) is 3.54. The first kappa shape index (κ1) is 20.9. The molecule has 0 radical (unpaired) electrons. The Morgan fingerprint density at radius 2 is 1.93 bits per heavy atom. The Labute approximate surface area is 165 Å². The number of hydrazine groups is 1. The minimum absolute atomic E-state index is 0.119. The number of imidazole rings is 1. The largest absolute Gasteiger partial charge is 0.459 e. The van der Waals surface area contributed by atoms with E-state index in [1.165, 1.54) is 34.5 Å². The number of rotatable bonds is 5. The predicted octanol–water partition coefficient (Wildman–Crippen LogP) is 4.58. The molecule has 2 heterocycles. The molecular formula is C16H14F5N5O2S. The molecule has 0 saturated heterocycles. The molecule has 0 aliphatic carbocycles. The summed E-state index contributed by atoms with van der Waals surface area (Å²) >= 11 is 1.31. The van der Waals surface area contributed by atoms with Crippen LogP contribution < -0.4 is 10.9 Å². The zero-order valence-electron chi connectivity index (χ0n) is 15.0. The van der Waals surface area contributed by atoms with E-state index in [2.05, 4.69) is 10.4 Å². The lowest BCUT2D eigenvalue weighted by atomic mass is 10.2. The van der Waals surface area contributed by atoms with Crippen LogP contribution in [-0.4, -0.2) is 32.3 Å². The first-order chi connectivity index (χ1) is 13.5. The van der Waals surface area contributed by atoms with Crippen molar-refractivity contribution in [3.05, 3.63) is 39.7 Å². The van der Waals surface area contributed by atoms with Crippen LogP contribution in [0.15, 0.2) is 28.8 Å². The highest BCUT2D eigenvalue weighted by Crippen LogP contribution is 2.43. The minimum atomic E-state index is -5.77. The van der Waals surface area contributed by atoms with Gasteiger partial charge in [-0.1, -0.05) is 6.92 Å². The molecule has 2 aromatic rings. The number of nitrogens with one attached hydrogen (secondary N) is 2. The standard InChI is InChI=1S/C16H14F5N5O2S/c1-3-29-11-6-8(26(27)28)4-5-9(11)13-22-10-7-12(15(17,18)16(19,20)21)23-24-14(10)25(13)2/h4-7,23-24H,3H2,1-2H3. The van der Waals surface area contributed by atoms with E-state index in [9.17, 15) is 32.1 Å². The van der Waals surface area contributed by atoms with Crippen molar-refractivity contribution in [1.29, 1.82) is 0 Å². The lowest BCUT2D eigenvalue weighted by Crippen LogP contribution is -2.45. The summed E-state index contributed by atoms with van der Waals surface area (Å²) in [5.41, 5.74) is 3.05. The highest BCUT2D eigenvalue weighted by molar-refractivity contribution is 7.99. The van der Waals surface area contributed by atoms with Crippen molar-refractivity contribution < 1.29 is 26.9 Å². The van der Waals surface area contributed by atoms with E-state index in [1.54, 1.807) is 7.05 Å². The number of hydrogen-bond donors (Lipinski definition) is 2. The molecule has 7 nitrogen and oxygen atoms in total. The maximum atomic E-state index is 13.6. The van der Waals surface area contributed by atoms with Crippen molar-refractivity contribution in [2.45, 2.75) is 23.9 Å². The fraction of sp³-hybridized carbons (Fsp3) is 0.312. The second kappa shape index (κ2) is 7.21. The first-order valence-corrected chi connectivity index (χ1v) is 9.13. The molecule has 0 amide bonds. The Morgan fingerprint density at radius 1 is 1.24 bits per heavy atom. The van der Waals surface area contributed by atoms with Crippen molar-refractivity contribution in [2.24, 2.45) is 7.05 Å². The molecule has 0 atom stereocenters. The van der Waals surface area contributed by atoms with Crippen molar-refractivity contribution in [2.75, 3.05) is 11.2 Å². The van der Waals surface area contributed by atoms with Gasteiger partial charge in [-0.3, -0.25) is 21.0 Å². The van der Waals surface area contributed by atoms with Gasteiger partial charge in [0.25, 0.3) is 5.69 Å². The summed E-state index contributed by atoms with van der Waals surface area (Å²) in [4.78, 5) is 15.2. The van der Waals surface area contributed by atoms with E-state index in [-0.39, 0.29) is 23.0 Å². The van der Waals surface area contributed by atoms with E-state index in [1.807, 2.05) is 12.3 Å². The molecule has 29 heavy (non-hydrogen) atoms. The van der Waals surface area contributed by atoms with E-state index >= 15 is 0 Å². The van der Waals surface area contributed by atoms with Crippen molar-refractivity contribution in [3.63, 3.8) is 0 Å². The lowest BCUT2D eigenvalue weighted by Gasteiger charge is -2.26. The number of hydrogen-bond acceptors (Lipinski definition) is 6. The third kappa shape index (κ3) is 3.61. The van der Waals surface area contributed by atoms with Gasteiger partial charge in [0.15, 0.2) is 5.82 Å². The number of halogens is 5. The molecule has 0 spiro atoms. The number of alkyl halides is 5. The number of benzene rings is 1. The maximum absolute atomic E-state index is 13.6. The predicted molar refractivity (Wildman–Crippen MR) is 97.4 cm³/mol. The zero-order valence-corrected chi connectivity index (χ0v) is 15.8. The van der Waals surface area contributed by atoms with Crippen LogP contribution in [0.3, 0.4) is 0 Å². The molecule has 1 aliphatic heterocycles. The summed E-state index contributed by atoms with van der Waals surface area (Å²) in [6.07, 6.45) is -5.15. The summed E-state index contributed by atoms with van der Waals surface area (Å²) in [7, 11) is 1.54. The molecule has 13 heteroatoms. The van der Waals surface area contributed by atoms with Gasteiger partial charge in [0.2, 0.25) is 0 Å². The fourth-order valence-electron chi connectivity index (χ4n) is 2.71. The average molecular weight is 435 g/mol. The van der Waals surface area contributed by atoms with E-state index in [0.29, 0.717) is 22.3 Å². The third-order valence-electron chi connectivity index (χ3n) is 4.13. The Morgan fingerprint density at radius 3 is 2.52 bits per heavy atom. The van der Waals surface area contributed by atoms with Crippen LogP contribution in [0.2, 0.25) is 0 Å². The summed E-state index contributed by atoms with van der Waals surface area (Å²) < 4.78 is 66.6. The quantitative estimate of drug-likeness (QED) is 0.310. The average Bonchev–Trinajstić information content (AvgIpc) is 2.97. The molecule has 1 aromatic carbocycles. The molecular weight excluding hydrogens is 421 g/mol. The number of nitro benzene ring substituents is 1. The van der Waals surface area contributed by atoms with Gasteiger partial charge in [0.1, 0.15) is 17.2 Å². The summed E-state index contributed by atoms with van der Waals surface area (Å²) in [6.45, 7) is 1.84. The van der Waals surface area contributed by atoms with Crippen molar-refractivity contribution in [3.8, 4) is 11.4 Å². The number of fused-ring (bicyclic) bond motifs is 1. The molecule has 1 aliphatic rings. The van der Waals surface area contributed by atoms with Gasteiger partial charge in [-0.2, -0.15) is 22.0 Å². The van der Waals surface area contributed by atoms with Gasteiger partial charge < -0.3 is 4.57 Å². The van der Waals surface area contributed by atoms with Crippen LogP contribution in [0.25, 0.3) is 17.5 Å². The van der Waals surface area contributed by atoms with Crippen LogP contribution in [0.4, 0.5) is 33.5 Å². The van der Waals surface area contributed by atoms with Crippen LogP contribution >= 0.6 is 11.8 Å². The Balaban J connectivity index is 2.10. The molecule has 0 saturated carbocycles. The SMILES string of the molecule is CCSc1cc([N+](=O)[O-])ccc1-c1nc2c(n1C)NNC(C(F)(F)C(F)(F)F)=C2. The van der Waals surface area contributed by atoms with Gasteiger partial charge >= 0.3 is 12.1 Å². The number of anilines is 1. The molecule has 156 valence electrons. The molecule has 2 N–H and O–H groups in total. The number of nitro groups is 1. The smallest absolute Gasteiger partial charge is 0.312 e. The number of allylic oxidation sites excluding steroid dienone is 1. The van der Waals surface area contributed by atoms with E-state index in [0.717, 1.165) is 0 Å². The number of nitrogens with zero attached hydrogens (tertiary/aromatic N) is 3. The Bertz CT molecular complexity index is 1000. The van der Waals surface area contributed by atoms with Crippen LogP contribution in [-0.2, 0) is 7.05 Å². The summed E-state index contributed by atoms with van der Waals surface area (Å²) in [5.74, 6) is -4.07. The molecule has 3 rings (SSSR count). The van der Waals surface area contributed by atoms with Gasteiger partial charge in [-0.25, -0.2) is 4.98 Å². The number of thioether (sulfide) groups is 1. The first-order valence-electron chi connectivity index (χ1n) is 8.14. The van der Waals surface area contributed by atoms with Crippen LogP contribution in [0.5, 0.6) is 0 Å². The van der Waals surface area contributed by atoms with Gasteiger partial charge in [-0.05, 0) is 17.9 Å². The zero-order chi connectivity index (χ0) is 21.6. The summed E-state index contributed by atoms with van der Waals surface area (Å²) in [6, 6.07) is 4.10. The molecule has 0 unspecified atom stereocenters. The molecule has 1 aromatic heterocycles. The Hall–Kier alpha value is -2.83. The Kier molecular flexibility index (Phi) is 5.19. The highest BCUT2D eigenvalue weighted by atomic mass is 32.2. The number of non-ortho nitro benzene ring substituents is 1. The lowest BCUT2D eigenvalue weighted by molar-refractivity contribution is -0.385. The topological polar surface area (TPSA) is 85.0 Å². The second-order valence-electron chi connectivity index (χ2n) is 5.98. The highest BCUT2D eigenvalue weighted by Gasteiger charge is 2.61. The monoisotopic (exact) mass is 435 g/mol. The van der Waals surface area contributed by atoms with Gasteiger partial charge in [0, 0.05) is 29.6 Å². The van der Waals surface area contributed by atoms with Crippen LogP contribution in [0.1, 0.15) is 12.6 Å². The van der Waals surface area contributed by atoms with Gasteiger partial charge in [-0.15, -0.1) is 11.8 Å². The summed E-state index contributed by atoms with van der Waals surface area (Å²) in [5, 5.41) is 11.0. The minimum Gasteiger partial charge on any atom is -0.312 e. The van der Waals surface area contributed by atoms with E-state index in [4.69, 9.17) is 0 Å². The second-order valence-corrected chi connectivity index (χ2v) is 7.28. The van der Waals surface area contributed by atoms with Crippen LogP contribution in [0, 0.1) is 10.1 Å². The number of aromatic nitrogens is 2. The third-order valence-corrected chi connectivity index (χ3v) is 5.07. The van der Waals surface area contributed by atoms with Gasteiger partial charge in [0.05, 0.1) is 4.92 Å². The maximum Gasteiger partial charge on any atom is 0.459 e. The van der Waals surface area contributed by atoms with Crippen molar-refractivity contribution in [1.82, 2.24) is 15.0 Å². The normalized spacial score (nSPS) is 14.0.